The summed E-state index contributed by atoms with van der Waals surface area (Å²) in [5, 5.41) is 0.733. The second kappa shape index (κ2) is 9.12. The molecule has 0 unspecified atom stereocenters. The number of hydrogen-bond donors (Lipinski definition) is 0. The van der Waals surface area contributed by atoms with Crippen molar-refractivity contribution in [2.75, 3.05) is 12.8 Å². The van der Waals surface area contributed by atoms with Crippen LogP contribution in [0, 0.1) is 0 Å². The molecule has 0 saturated heterocycles. The van der Waals surface area contributed by atoms with Crippen molar-refractivity contribution >= 4 is 17.9 Å². The van der Waals surface area contributed by atoms with Crippen LogP contribution in [0.15, 0.2) is 60.7 Å². The fraction of sp³-hybridized carbons (Fsp3) is 0.429. The van der Waals surface area contributed by atoms with Crippen LogP contribution in [0.2, 0.25) is 0 Å². The normalized spacial score (nSPS) is 15.3. The van der Waals surface area contributed by atoms with Gasteiger partial charge in [0.15, 0.2) is 0 Å². The van der Waals surface area contributed by atoms with Gasteiger partial charge in [-0.1, -0.05) is 0 Å². The Morgan fingerprint density at radius 2 is 0.857 bits per heavy atom. The number of rotatable bonds is 9. The summed E-state index contributed by atoms with van der Waals surface area (Å²) < 4.78 is 174. The Hall–Kier alpha value is -2.04. The minimum absolute atomic E-state index is 0.367. The molecule has 2 rings (SSSR count). The molecular formula is C21H18F13P. The van der Waals surface area contributed by atoms with Gasteiger partial charge in [-0.05, 0) is 0 Å². The van der Waals surface area contributed by atoms with Crippen LogP contribution in [0.4, 0.5) is 57.1 Å². The third-order valence-corrected chi connectivity index (χ3v) is 10.2. The molecule has 14 heteroatoms. The molecule has 0 aromatic heterocycles. The average Bonchev–Trinajstić information content (AvgIpc) is 2.77. The van der Waals surface area contributed by atoms with Crippen LogP contribution in [0.1, 0.15) is 6.42 Å². The summed E-state index contributed by atoms with van der Waals surface area (Å²) in [5.41, 5.74) is 0. The van der Waals surface area contributed by atoms with Gasteiger partial charge in [0.25, 0.3) is 0 Å². The van der Waals surface area contributed by atoms with E-state index in [-0.39, 0.29) is 0 Å². The van der Waals surface area contributed by atoms with Crippen LogP contribution < -0.4 is 10.6 Å². The Labute approximate surface area is 191 Å². The van der Waals surface area contributed by atoms with Crippen molar-refractivity contribution < 1.29 is 57.1 Å². The van der Waals surface area contributed by atoms with Crippen molar-refractivity contribution in [3.63, 3.8) is 0 Å². The van der Waals surface area contributed by atoms with E-state index in [1.165, 1.54) is 67.3 Å². The van der Waals surface area contributed by atoms with Crippen LogP contribution in [0.3, 0.4) is 0 Å². The van der Waals surface area contributed by atoms with Crippen molar-refractivity contribution in [3.05, 3.63) is 60.7 Å². The zero-order valence-corrected chi connectivity index (χ0v) is 18.6. The van der Waals surface area contributed by atoms with Gasteiger partial charge in [-0.15, -0.1) is 0 Å². The van der Waals surface area contributed by atoms with E-state index in [1.54, 1.807) is 0 Å². The molecule has 0 fully saturated rings. The van der Waals surface area contributed by atoms with E-state index in [0.717, 1.165) is 0 Å². The van der Waals surface area contributed by atoms with Crippen LogP contribution >= 0.6 is 7.26 Å². The van der Waals surface area contributed by atoms with E-state index in [0.29, 0.717) is 10.6 Å². The van der Waals surface area contributed by atoms with Gasteiger partial charge in [-0.25, -0.2) is 0 Å². The maximum atomic E-state index is 14.4. The number of alkyl halides is 13. The van der Waals surface area contributed by atoms with Gasteiger partial charge in [0, 0.05) is 0 Å². The van der Waals surface area contributed by atoms with Gasteiger partial charge >= 0.3 is 191 Å². The first-order valence-corrected chi connectivity index (χ1v) is 12.4. The Morgan fingerprint density at radius 3 is 1.20 bits per heavy atom. The molecule has 0 aliphatic heterocycles. The van der Waals surface area contributed by atoms with Crippen molar-refractivity contribution in [1.29, 1.82) is 0 Å². The molecule has 2 aromatic rings. The molecule has 35 heavy (non-hydrogen) atoms. The van der Waals surface area contributed by atoms with Gasteiger partial charge in [0.05, 0.1) is 0 Å². The summed E-state index contributed by atoms with van der Waals surface area (Å²) >= 11 is 0. The molecule has 0 amide bonds. The van der Waals surface area contributed by atoms with E-state index in [9.17, 15) is 57.1 Å². The fourth-order valence-corrected chi connectivity index (χ4v) is 7.01. The van der Waals surface area contributed by atoms with Gasteiger partial charge in [-0.3, -0.25) is 0 Å². The number of halogens is 13. The first kappa shape index (κ1) is 29.2. The molecule has 198 valence electrons. The molecule has 0 aliphatic carbocycles. The van der Waals surface area contributed by atoms with Crippen molar-refractivity contribution in [2.24, 2.45) is 0 Å². The number of hydrogen-bond acceptors (Lipinski definition) is 0. The first-order chi connectivity index (χ1) is 15.7. The second-order valence-electron chi connectivity index (χ2n) is 8.06. The second-order valence-corrected chi connectivity index (χ2v) is 12.4. The Balaban J connectivity index is 2.48. The monoisotopic (exact) mass is 548 g/mol. The van der Waals surface area contributed by atoms with E-state index < -0.39 is 55.6 Å². The van der Waals surface area contributed by atoms with E-state index in [1.807, 2.05) is 0 Å². The Bertz CT molecular complexity index is 946. The summed E-state index contributed by atoms with van der Waals surface area (Å²) in [5.74, 6) is -36.7. The van der Waals surface area contributed by atoms with Crippen LogP contribution in [-0.4, -0.2) is 48.6 Å². The Kier molecular flexibility index (Phi) is 7.61. The van der Waals surface area contributed by atoms with Crippen LogP contribution in [0.25, 0.3) is 0 Å². The molecule has 0 saturated carbocycles. The predicted molar refractivity (Wildman–Crippen MR) is 107 cm³/mol. The zero-order valence-electron chi connectivity index (χ0n) is 17.6. The topological polar surface area (TPSA) is 0 Å². The molecule has 0 nitrogen and oxygen atoms in total. The van der Waals surface area contributed by atoms with Crippen LogP contribution in [0.5, 0.6) is 0 Å². The summed E-state index contributed by atoms with van der Waals surface area (Å²) in [6.07, 6.45) is -10.6. The third-order valence-electron chi connectivity index (χ3n) is 5.76. The summed E-state index contributed by atoms with van der Waals surface area (Å²) in [6, 6.07) is 14.8. The standard InChI is InChI=1S/C21H18F13P/c1-35(14-8-4-2-5-9-14,15-10-6-3-7-11-15)13-12-16(22,23)17(24,25)18(26,27)19(28,29)20(30,31)21(32,33)34/h2-11,35H,12-13H2,1H3. The summed E-state index contributed by atoms with van der Waals surface area (Å²) in [4.78, 5) is 0. The molecular weight excluding hydrogens is 530 g/mol. The molecule has 0 N–H and O–H groups in total. The molecule has 0 aliphatic rings. The Morgan fingerprint density at radius 1 is 0.514 bits per heavy atom. The number of benzene rings is 2. The average molecular weight is 548 g/mol. The van der Waals surface area contributed by atoms with Crippen molar-refractivity contribution in [1.82, 2.24) is 0 Å². The van der Waals surface area contributed by atoms with Crippen LogP contribution in [-0.2, 0) is 0 Å². The quantitative estimate of drug-likeness (QED) is 0.231. The van der Waals surface area contributed by atoms with Crippen molar-refractivity contribution in [2.45, 2.75) is 42.2 Å². The van der Waals surface area contributed by atoms with Crippen molar-refractivity contribution in [3.8, 4) is 0 Å². The SMILES string of the molecule is C[PH](CCC(F)(F)C(F)(F)C(F)(F)C(F)(F)C(F)(F)C(F)(F)F)(c1ccccc1)c1ccccc1. The molecule has 0 bridgehead atoms. The first-order valence-electron chi connectivity index (χ1n) is 9.74. The van der Waals surface area contributed by atoms with Gasteiger partial charge < -0.3 is 0 Å². The molecule has 0 radical (unpaired) electrons. The van der Waals surface area contributed by atoms with Gasteiger partial charge in [0.1, 0.15) is 0 Å². The van der Waals surface area contributed by atoms with E-state index >= 15 is 0 Å². The minimum atomic E-state index is -7.88. The van der Waals surface area contributed by atoms with E-state index in [2.05, 4.69) is 0 Å². The maximum absolute atomic E-state index is 14.4. The third kappa shape index (κ3) is 4.72. The molecule has 0 heterocycles. The van der Waals surface area contributed by atoms with Gasteiger partial charge in [-0.2, -0.15) is 0 Å². The van der Waals surface area contributed by atoms with E-state index in [4.69, 9.17) is 0 Å². The predicted octanol–water partition coefficient (Wildman–Crippen LogP) is 7.15. The molecule has 0 spiro atoms. The zero-order chi connectivity index (χ0) is 27.1. The molecule has 0 atom stereocenters. The summed E-state index contributed by atoms with van der Waals surface area (Å²) in [6.45, 7) is 1.40. The fourth-order valence-electron chi connectivity index (χ4n) is 3.43. The summed E-state index contributed by atoms with van der Waals surface area (Å²) in [7, 11) is -3.44. The van der Waals surface area contributed by atoms with Gasteiger partial charge in [0.2, 0.25) is 0 Å². The molecule has 2 aromatic carbocycles.